The Hall–Kier alpha value is -1.89. The van der Waals surface area contributed by atoms with Gasteiger partial charge in [-0.2, -0.15) is 17.5 Å². The Kier molecular flexibility index (Phi) is 8.48. The van der Waals surface area contributed by atoms with Gasteiger partial charge in [-0.25, -0.2) is 13.2 Å². The lowest BCUT2D eigenvalue weighted by Gasteiger charge is -2.35. The van der Waals surface area contributed by atoms with E-state index in [1.54, 1.807) is 0 Å². The molecule has 2 aliphatic rings. The SMILES string of the molecule is Cc1c(CN2CCN(C(=O)OC(C)C(F)(F)F)CC2)cccc1CN1CCN(S(C)(=O)=O)CC1. The van der Waals surface area contributed by atoms with Gasteiger partial charge >= 0.3 is 12.3 Å². The lowest BCUT2D eigenvalue weighted by Crippen LogP contribution is -2.49. The standard InChI is InChI=1S/C22H33F3N4O4S/c1-17-19(5-4-6-20(17)16-27-9-13-29(14-10-27)34(3,31)32)15-26-7-11-28(12-8-26)21(30)33-18(2)22(23,24)25/h4-6,18H,7-16H2,1-3H3. The number of benzene rings is 1. The van der Waals surface area contributed by atoms with Crippen molar-refractivity contribution in [3.63, 3.8) is 0 Å². The van der Waals surface area contributed by atoms with Crippen LogP contribution in [0.15, 0.2) is 18.2 Å². The van der Waals surface area contributed by atoms with Gasteiger partial charge in [0.1, 0.15) is 0 Å². The molecule has 1 aromatic rings. The van der Waals surface area contributed by atoms with Crippen molar-refractivity contribution in [2.75, 3.05) is 58.6 Å². The van der Waals surface area contributed by atoms with Crippen molar-refractivity contribution >= 4 is 16.1 Å². The number of alkyl halides is 3. The molecule has 192 valence electrons. The van der Waals surface area contributed by atoms with E-state index in [1.807, 2.05) is 6.07 Å². The summed E-state index contributed by atoms with van der Waals surface area (Å²) >= 11 is 0. The highest BCUT2D eigenvalue weighted by molar-refractivity contribution is 7.88. The van der Waals surface area contributed by atoms with Crippen LogP contribution in [0.2, 0.25) is 0 Å². The number of amides is 1. The zero-order valence-corrected chi connectivity index (χ0v) is 20.7. The van der Waals surface area contributed by atoms with Gasteiger partial charge in [-0.3, -0.25) is 9.80 Å². The molecule has 2 fully saturated rings. The number of carbonyl (C=O) groups is 1. The fourth-order valence-electron chi connectivity index (χ4n) is 4.16. The van der Waals surface area contributed by atoms with Crippen LogP contribution in [0, 0.1) is 6.92 Å². The summed E-state index contributed by atoms with van der Waals surface area (Å²) in [5, 5.41) is 0. The lowest BCUT2D eigenvalue weighted by molar-refractivity contribution is -0.200. The number of ether oxygens (including phenoxy) is 1. The van der Waals surface area contributed by atoms with Gasteiger partial charge in [0.05, 0.1) is 6.26 Å². The van der Waals surface area contributed by atoms with Gasteiger partial charge in [0.15, 0.2) is 6.10 Å². The third-order valence-corrected chi connectivity index (χ3v) is 7.82. The van der Waals surface area contributed by atoms with Crippen molar-refractivity contribution in [3.05, 3.63) is 34.9 Å². The molecule has 8 nitrogen and oxygen atoms in total. The van der Waals surface area contributed by atoms with Gasteiger partial charge in [-0.05, 0) is 30.5 Å². The van der Waals surface area contributed by atoms with E-state index in [1.165, 1.54) is 26.6 Å². The largest absolute Gasteiger partial charge is 0.437 e. The molecule has 1 amide bonds. The first-order chi connectivity index (χ1) is 15.8. The van der Waals surface area contributed by atoms with Crippen molar-refractivity contribution in [1.29, 1.82) is 0 Å². The Labute approximate surface area is 199 Å². The predicted octanol–water partition coefficient (Wildman–Crippen LogP) is 2.28. The summed E-state index contributed by atoms with van der Waals surface area (Å²) in [7, 11) is -3.16. The average molecular weight is 507 g/mol. The average Bonchev–Trinajstić information content (AvgIpc) is 2.76. The maximum absolute atomic E-state index is 12.6. The Morgan fingerprint density at radius 3 is 1.88 bits per heavy atom. The van der Waals surface area contributed by atoms with E-state index < -0.39 is 28.4 Å². The highest BCUT2D eigenvalue weighted by Gasteiger charge is 2.40. The van der Waals surface area contributed by atoms with E-state index in [9.17, 15) is 26.4 Å². The highest BCUT2D eigenvalue weighted by atomic mass is 32.2. The fourth-order valence-corrected chi connectivity index (χ4v) is 4.99. The first-order valence-corrected chi connectivity index (χ1v) is 13.2. The second kappa shape index (κ2) is 10.8. The van der Waals surface area contributed by atoms with E-state index in [4.69, 9.17) is 0 Å². The molecule has 1 unspecified atom stereocenters. The molecule has 2 saturated heterocycles. The van der Waals surface area contributed by atoms with Gasteiger partial charge in [0.25, 0.3) is 0 Å². The van der Waals surface area contributed by atoms with Crippen LogP contribution < -0.4 is 0 Å². The molecule has 0 saturated carbocycles. The monoisotopic (exact) mass is 506 g/mol. The molecule has 1 aromatic carbocycles. The second-order valence-electron chi connectivity index (χ2n) is 8.97. The minimum Gasteiger partial charge on any atom is -0.437 e. The molecule has 0 aliphatic carbocycles. The van der Waals surface area contributed by atoms with Crippen LogP contribution in [0.4, 0.5) is 18.0 Å². The third-order valence-electron chi connectivity index (χ3n) is 6.52. The molecule has 0 radical (unpaired) electrons. The van der Waals surface area contributed by atoms with Crippen LogP contribution in [-0.4, -0.2) is 104 Å². The minimum absolute atomic E-state index is 0.312. The summed E-state index contributed by atoms with van der Waals surface area (Å²) < 4.78 is 67.4. The number of halogens is 3. The summed E-state index contributed by atoms with van der Waals surface area (Å²) in [6.45, 7) is 8.40. The third kappa shape index (κ3) is 7.06. The molecule has 2 heterocycles. The van der Waals surface area contributed by atoms with Gasteiger partial charge in [-0.15, -0.1) is 0 Å². The first-order valence-electron chi connectivity index (χ1n) is 11.3. The number of carbonyl (C=O) groups excluding carboxylic acids is 1. The molecule has 12 heteroatoms. The lowest BCUT2D eigenvalue weighted by atomic mass is 10.0. The van der Waals surface area contributed by atoms with Crippen molar-refractivity contribution < 1.29 is 31.1 Å². The minimum atomic E-state index is -4.57. The normalized spacial score (nSPS) is 20.4. The fraction of sp³-hybridized carbons (Fsp3) is 0.682. The predicted molar refractivity (Wildman–Crippen MR) is 122 cm³/mol. The second-order valence-corrected chi connectivity index (χ2v) is 11.0. The summed E-state index contributed by atoms with van der Waals surface area (Å²) in [5.41, 5.74) is 3.52. The Morgan fingerprint density at radius 1 is 0.971 bits per heavy atom. The molecule has 2 aliphatic heterocycles. The number of piperazine rings is 2. The van der Waals surface area contributed by atoms with Crippen LogP contribution in [0.25, 0.3) is 0 Å². The van der Waals surface area contributed by atoms with Crippen molar-refractivity contribution in [3.8, 4) is 0 Å². The van der Waals surface area contributed by atoms with Crippen LogP contribution in [0.5, 0.6) is 0 Å². The first kappa shape index (κ1) is 26.7. The molecule has 0 aromatic heterocycles. The van der Waals surface area contributed by atoms with Crippen LogP contribution in [0.1, 0.15) is 23.6 Å². The van der Waals surface area contributed by atoms with Gasteiger partial charge in [0.2, 0.25) is 10.0 Å². The van der Waals surface area contributed by atoms with Crippen molar-refractivity contribution in [2.24, 2.45) is 0 Å². The summed E-state index contributed by atoms with van der Waals surface area (Å²) in [6.07, 6.45) is -6.39. The molecule has 1 atom stereocenters. The summed E-state index contributed by atoms with van der Waals surface area (Å²) in [6, 6.07) is 6.15. The van der Waals surface area contributed by atoms with Crippen molar-refractivity contribution in [1.82, 2.24) is 19.0 Å². The Balaban J connectivity index is 1.51. The number of hydrogen-bond acceptors (Lipinski definition) is 6. The number of sulfonamides is 1. The smallest absolute Gasteiger partial charge is 0.425 e. The zero-order valence-electron chi connectivity index (χ0n) is 19.8. The molecular weight excluding hydrogens is 473 g/mol. The van der Waals surface area contributed by atoms with E-state index in [-0.39, 0.29) is 0 Å². The molecule has 0 bridgehead atoms. The number of hydrogen-bond donors (Lipinski definition) is 0. The zero-order chi connectivity index (χ0) is 25.1. The molecule has 0 spiro atoms. The van der Waals surface area contributed by atoms with Crippen molar-refractivity contribution in [2.45, 2.75) is 39.2 Å². The van der Waals surface area contributed by atoms with Crippen LogP contribution in [-0.2, 0) is 27.8 Å². The summed E-state index contributed by atoms with van der Waals surface area (Å²) in [4.78, 5) is 17.8. The summed E-state index contributed by atoms with van der Waals surface area (Å²) in [5.74, 6) is 0. The molecule has 0 N–H and O–H groups in total. The van der Waals surface area contributed by atoms with Gasteiger partial charge in [-0.1, -0.05) is 18.2 Å². The van der Waals surface area contributed by atoms with E-state index in [0.717, 1.165) is 19.0 Å². The number of rotatable bonds is 6. The van der Waals surface area contributed by atoms with Crippen LogP contribution >= 0.6 is 0 Å². The van der Waals surface area contributed by atoms with E-state index in [2.05, 4.69) is 33.6 Å². The van der Waals surface area contributed by atoms with Crippen LogP contribution in [0.3, 0.4) is 0 Å². The Bertz CT molecular complexity index is 957. The van der Waals surface area contributed by atoms with E-state index >= 15 is 0 Å². The van der Waals surface area contributed by atoms with E-state index in [0.29, 0.717) is 58.9 Å². The molecule has 34 heavy (non-hydrogen) atoms. The maximum atomic E-state index is 12.6. The highest BCUT2D eigenvalue weighted by Crippen LogP contribution is 2.24. The quantitative estimate of drug-likeness (QED) is 0.590. The molecule has 3 rings (SSSR count). The number of nitrogens with zero attached hydrogens (tertiary/aromatic N) is 4. The van der Waals surface area contributed by atoms with Gasteiger partial charge < -0.3 is 9.64 Å². The topological polar surface area (TPSA) is 73.4 Å². The molecular formula is C22H33F3N4O4S. The Morgan fingerprint density at radius 2 is 1.44 bits per heavy atom. The van der Waals surface area contributed by atoms with Gasteiger partial charge in [0, 0.05) is 65.4 Å². The maximum Gasteiger partial charge on any atom is 0.425 e.